The summed E-state index contributed by atoms with van der Waals surface area (Å²) in [5.74, 6) is -1.92. The second-order valence-corrected chi connectivity index (χ2v) is 15.9. The number of carbonyl (C=O) groups is 3. The highest BCUT2D eigenvalue weighted by molar-refractivity contribution is 5.70. The minimum Gasteiger partial charge on any atom is -0.544 e. The zero-order valence-electron chi connectivity index (χ0n) is 38.8. The van der Waals surface area contributed by atoms with E-state index < -0.39 is 18.1 Å². The number of ether oxygens (including phenoxy) is 3. The highest BCUT2D eigenvalue weighted by atomic mass is 16.6. The summed E-state index contributed by atoms with van der Waals surface area (Å²) < 4.78 is 17.0. The molecule has 0 spiro atoms. The molecule has 0 aromatic carbocycles. The van der Waals surface area contributed by atoms with Crippen LogP contribution in [0.25, 0.3) is 0 Å². The predicted octanol–water partition coefficient (Wildman–Crippen LogP) is 11.7. The molecular formula is C53H83NO7. The second-order valence-electron chi connectivity index (χ2n) is 15.9. The molecule has 61 heavy (non-hydrogen) atoms. The van der Waals surface area contributed by atoms with Crippen LogP contribution in [0.2, 0.25) is 0 Å². The van der Waals surface area contributed by atoms with E-state index in [-0.39, 0.29) is 55.5 Å². The van der Waals surface area contributed by atoms with Gasteiger partial charge < -0.3 is 28.6 Å². The quantitative estimate of drug-likeness (QED) is 0.0263. The first-order valence-corrected chi connectivity index (χ1v) is 23.1. The van der Waals surface area contributed by atoms with Crippen molar-refractivity contribution in [3.05, 3.63) is 122 Å². The molecule has 0 heterocycles. The first-order valence-electron chi connectivity index (χ1n) is 23.1. The summed E-state index contributed by atoms with van der Waals surface area (Å²) in [7, 11) is 5.35. The van der Waals surface area contributed by atoms with Crippen LogP contribution in [0.3, 0.4) is 0 Å². The number of esters is 2. The van der Waals surface area contributed by atoms with Crippen molar-refractivity contribution in [1.82, 2.24) is 0 Å². The molecule has 0 aliphatic heterocycles. The molecular weight excluding hydrogens is 763 g/mol. The van der Waals surface area contributed by atoms with Crippen molar-refractivity contribution >= 4 is 17.9 Å². The van der Waals surface area contributed by atoms with Gasteiger partial charge in [0.05, 0.1) is 40.3 Å². The molecule has 0 radical (unpaired) electrons. The Kier molecular flexibility index (Phi) is 39.5. The Morgan fingerprint density at radius 2 is 0.934 bits per heavy atom. The lowest BCUT2D eigenvalue weighted by atomic mass is 10.1. The third-order valence-electron chi connectivity index (χ3n) is 9.35. The molecule has 8 nitrogen and oxygen atoms in total. The summed E-state index contributed by atoms with van der Waals surface area (Å²) in [5.41, 5.74) is 0. The van der Waals surface area contributed by atoms with Gasteiger partial charge in [0.25, 0.3) is 0 Å². The molecule has 0 aromatic heterocycles. The molecule has 0 amide bonds. The fraction of sp³-hybridized carbons (Fsp3) is 0.566. The van der Waals surface area contributed by atoms with Gasteiger partial charge in [-0.05, 0) is 96.3 Å². The van der Waals surface area contributed by atoms with Gasteiger partial charge in [-0.3, -0.25) is 9.59 Å². The summed E-state index contributed by atoms with van der Waals surface area (Å²) in [4.78, 5) is 36.9. The summed E-state index contributed by atoms with van der Waals surface area (Å²) in [6.07, 6.45) is 59.6. The van der Waals surface area contributed by atoms with Gasteiger partial charge in [-0.1, -0.05) is 148 Å². The molecule has 2 atom stereocenters. The molecule has 0 saturated heterocycles. The van der Waals surface area contributed by atoms with Crippen molar-refractivity contribution < 1.29 is 38.2 Å². The Bertz CT molecular complexity index is 1400. The van der Waals surface area contributed by atoms with Crippen LogP contribution in [0.4, 0.5) is 0 Å². The average Bonchev–Trinajstić information content (AvgIpc) is 3.22. The van der Waals surface area contributed by atoms with E-state index in [1.807, 2.05) is 12.2 Å². The number of carbonyl (C=O) groups excluding carboxylic acids is 3. The number of quaternary nitrogens is 1. The number of carboxylic acids is 1. The Labute approximate surface area is 371 Å². The smallest absolute Gasteiger partial charge is 0.306 e. The van der Waals surface area contributed by atoms with E-state index in [9.17, 15) is 19.5 Å². The van der Waals surface area contributed by atoms with Crippen LogP contribution in [0, 0.1) is 0 Å². The third-order valence-corrected chi connectivity index (χ3v) is 9.35. The second kappa shape index (κ2) is 42.4. The van der Waals surface area contributed by atoms with Crippen molar-refractivity contribution in [3.63, 3.8) is 0 Å². The van der Waals surface area contributed by atoms with Crippen LogP contribution in [0.1, 0.15) is 142 Å². The normalized spacial score (nSPS) is 14.0. The van der Waals surface area contributed by atoms with E-state index in [0.717, 1.165) is 70.6 Å². The van der Waals surface area contributed by atoms with E-state index in [0.29, 0.717) is 12.8 Å². The number of nitrogens with zero attached hydrogens (tertiary/aromatic N) is 1. The molecule has 0 aromatic rings. The lowest BCUT2D eigenvalue weighted by Gasteiger charge is -2.34. The Morgan fingerprint density at radius 3 is 1.36 bits per heavy atom. The van der Waals surface area contributed by atoms with E-state index in [2.05, 4.69) is 123 Å². The molecule has 0 aliphatic rings. The SMILES string of the molecule is CC/C=C/C/C=C/C/C=C/C/C=C/C/C=C/CCC(=O)OCC(COCCC(C(=O)[O-])[N+](C)(C)C)OC(=O)CCCC/C=C/C/C=C/C/C=C/C/C=C/C/C=C/CCCCC. The molecule has 0 bridgehead atoms. The fourth-order valence-electron chi connectivity index (χ4n) is 5.78. The highest BCUT2D eigenvalue weighted by Crippen LogP contribution is 2.10. The van der Waals surface area contributed by atoms with Crippen LogP contribution in [-0.4, -0.2) is 75.5 Å². The van der Waals surface area contributed by atoms with Gasteiger partial charge in [0.1, 0.15) is 12.6 Å². The molecule has 0 saturated carbocycles. The number of aliphatic carboxylic acids is 1. The molecule has 0 aliphatic carbocycles. The lowest BCUT2D eigenvalue weighted by Crippen LogP contribution is -2.55. The van der Waals surface area contributed by atoms with Gasteiger partial charge in [0.2, 0.25) is 0 Å². The van der Waals surface area contributed by atoms with E-state index in [4.69, 9.17) is 14.2 Å². The third kappa shape index (κ3) is 40.9. The first kappa shape index (κ1) is 56.7. The number of carboxylic acid groups (broad SMARTS) is 1. The van der Waals surface area contributed by atoms with Gasteiger partial charge in [0, 0.05) is 19.3 Å². The molecule has 342 valence electrons. The maximum Gasteiger partial charge on any atom is 0.306 e. The molecule has 0 fully saturated rings. The zero-order chi connectivity index (χ0) is 44.9. The number of allylic oxidation sites excluding steroid dienone is 20. The average molecular weight is 846 g/mol. The lowest BCUT2D eigenvalue weighted by molar-refractivity contribution is -0.889. The van der Waals surface area contributed by atoms with Gasteiger partial charge >= 0.3 is 11.9 Å². The Morgan fingerprint density at radius 1 is 0.508 bits per heavy atom. The van der Waals surface area contributed by atoms with Crippen LogP contribution in [0.5, 0.6) is 0 Å². The number of rotatable bonds is 39. The van der Waals surface area contributed by atoms with E-state index in [1.54, 1.807) is 21.1 Å². The van der Waals surface area contributed by atoms with E-state index >= 15 is 0 Å². The highest BCUT2D eigenvalue weighted by Gasteiger charge is 2.25. The number of hydrogen-bond acceptors (Lipinski definition) is 7. The number of unbranched alkanes of at least 4 members (excludes halogenated alkanes) is 5. The van der Waals surface area contributed by atoms with Crippen LogP contribution < -0.4 is 5.11 Å². The molecule has 8 heteroatoms. The summed E-state index contributed by atoms with van der Waals surface area (Å²) in [6.45, 7) is 4.36. The largest absolute Gasteiger partial charge is 0.544 e. The van der Waals surface area contributed by atoms with Crippen LogP contribution >= 0.6 is 0 Å². The van der Waals surface area contributed by atoms with Gasteiger partial charge in [-0.2, -0.15) is 0 Å². The van der Waals surface area contributed by atoms with Crippen molar-refractivity contribution in [1.29, 1.82) is 0 Å². The molecule has 0 N–H and O–H groups in total. The van der Waals surface area contributed by atoms with E-state index in [1.165, 1.54) is 25.7 Å². The topological polar surface area (TPSA) is 102 Å². The minimum absolute atomic E-state index is 0.00901. The Hall–Kier alpha value is -4.27. The van der Waals surface area contributed by atoms with Gasteiger partial charge in [0.15, 0.2) is 6.10 Å². The van der Waals surface area contributed by atoms with Crippen molar-refractivity contribution in [2.75, 3.05) is 41.0 Å². The maximum atomic E-state index is 12.7. The van der Waals surface area contributed by atoms with Gasteiger partial charge in [-0.25, -0.2) is 0 Å². The number of hydrogen-bond donors (Lipinski definition) is 0. The van der Waals surface area contributed by atoms with Gasteiger partial charge in [-0.15, -0.1) is 0 Å². The fourth-order valence-corrected chi connectivity index (χ4v) is 5.78. The summed E-state index contributed by atoms with van der Waals surface area (Å²) >= 11 is 0. The number of likely N-dealkylation sites (N-methyl/N-ethyl adjacent to an activating group) is 1. The maximum absolute atomic E-state index is 12.7. The minimum atomic E-state index is -1.15. The Balaban J connectivity index is 4.54. The van der Waals surface area contributed by atoms with Crippen molar-refractivity contribution in [3.8, 4) is 0 Å². The zero-order valence-corrected chi connectivity index (χ0v) is 38.8. The van der Waals surface area contributed by atoms with Crippen molar-refractivity contribution in [2.45, 2.75) is 154 Å². The summed E-state index contributed by atoms with van der Waals surface area (Å²) in [6, 6.07) is -0.753. The first-order chi connectivity index (χ1) is 29.6. The van der Waals surface area contributed by atoms with Crippen molar-refractivity contribution in [2.24, 2.45) is 0 Å². The van der Waals surface area contributed by atoms with Crippen LogP contribution in [0.15, 0.2) is 122 Å². The summed E-state index contributed by atoms with van der Waals surface area (Å²) in [5, 5.41) is 11.6. The molecule has 2 unspecified atom stereocenters. The van der Waals surface area contributed by atoms with Crippen LogP contribution in [-0.2, 0) is 28.6 Å². The standard InChI is InChI=1S/C53H83NO7/c1-6-8-10-12-14-16-18-20-22-24-25-26-27-28-30-32-34-36-38-40-42-44-52(56)61-49(47-59-46-45-50(53(57)58)54(3,4)5)48-60-51(55)43-41-39-37-35-33-31-29-23-21-19-17-15-13-11-9-7-2/h9,11,14-17,20-23,25-26,28,30-31,33-34,36-37,39,49-50H,6-8,10,12-13,18-19,24,27,29,32,35,38,40-48H2,1-5H3/b11-9+,16-14+,17-15+,22-20+,23-21+,26-25+,30-28+,33-31+,36-34+,39-37+. The monoisotopic (exact) mass is 846 g/mol. The predicted molar refractivity (Wildman–Crippen MR) is 254 cm³/mol. The molecule has 0 rings (SSSR count).